The lowest BCUT2D eigenvalue weighted by Crippen LogP contribution is -2.52. The monoisotopic (exact) mass is 255 g/mol. The van der Waals surface area contributed by atoms with Gasteiger partial charge in [0.2, 0.25) is 0 Å². The Morgan fingerprint density at radius 3 is 3.00 bits per heavy atom. The van der Waals surface area contributed by atoms with Crippen LogP contribution in [0.5, 0.6) is 0 Å². The summed E-state index contributed by atoms with van der Waals surface area (Å²) in [7, 11) is 0. The van der Waals surface area contributed by atoms with Crippen LogP contribution in [0.15, 0.2) is 0 Å². The lowest BCUT2D eigenvalue weighted by molar-refractivity contribution is -0.0327. The van der Waals surface area contributed by atoms with E-state index in [-0.39, 0.29) is 5.54 Å². The van der Waals surface area contributed by atoms with Crippen molar-refractivity contribution in [2.24, 2.45) is 5.92 Å². The Morgan fingerprint density at radius 1 is 1.50 bits per heavy atom. The normalized spacial score (nSPS) is 34.3. The first-order valence-electron chi connectivity index (χ1n) is 7.37. The van der Waals surface area contributed by atoms with Crippen molar-refractivity contribution < 1.29 is 4.74 Å². The third-order valence-corrected chi connectivity index (χ3v) is 3.97. The van der Waals surface area contributed by atoms with Crippen LogP contribution in [0.25, 0.3) is 0 Å². The van der Waals surface area contributed by atoms with Crippen molar-refractivity contribution in [1.82, 2.24) is 15.5 Å². The van der Waals surface area contributed by atoms with Gasteiger partial charge in [0, 0.05) is 38.3 Å². The van der Waals surface area contributed by atoms with Gasteiger partial charge < -0.3 is 15.4 Å². The molecule has 0 aromatic carbocycles. The Bertz CT molecular complexity index is 251. The quantitative estimate of drug-likeness (QED) is 0.758. The molecule has 2 saturated heterocycles. The van der Waals surface area contributed by atoms with E-state index < -0.39 is 0 Å². The molecule has 2 heterocycles. The molecule has 4 heteroatoms. The summed E-state index contributed by atoms with van der Waals surface area (Å²) in [5, 5.41) is 7.11. The van der Waals surface area contributed by atoms with Crippen molar-refractivity contribution >= 4 is 0 Å². The van der Waals surface area contributed by atoms with Gasteiger partial charge in [-0.3, -0.25) is 4.90 Å². The van der Waals surface area contributed by atoms with Gasteiger partial charge in [-0.1, -0.05) is 13.8 Å². The first-order chi connectivity index (χ1) is 8.57. The number of morpholine rings is 1. The first-order valence-corrected chi connectivity index (χ1v) is 7.37. The highest BCUT2D eigenvalue weighted by atomic mass is 16.5. The maximum atomic E-state index is 5.87. The molecule has 2 N–H and O–H groups in total. The molecule has 0 aromatic rings. The molecular weight excluding hydrogens is 226 g/mol. The summed E-state index contributed by atoms with van der Waals surface area (Å²) in [6, 6.07) is 0. The van der Waals surface area contributed by atoms with E-state index in [0.717, 1.165) is 45.2 Å². The SMILES string of the molecule is CC(C)CN1CCOC(CNC2(C)CCNC2)C1. The molecule has 2 atom stereocenters. The van der Waals surface area contributed by atoms with Crippen LogP contribution in [0.2, 0.25) is 0 Å². The largest absolute Gasteiger partial charge is 0.374 e. The molecule has 2 aliphatic rings. The maximum Gasteiger partial charge on any atom is 0.0826 e. The van der Waals surface area contributed by atoms with Crippen LogP contribution in [-0.4, -0.2) is 62.4 Å². The molecular formula is C14H29N3O. The zero-order valence-electron chi connectivity index (χ0n) is 12.2. The van der Waals surface area contributed by atoms with E-state index in [1.54, 1.807) is 0 Å². The molecule has 0 bridgehead atoms. The number of ether oxygens (including phenoxy) is 1. The van der Waals surface area contributed by atoms with E-state index in [4.69, 9.17) is 4.74 Å². The van der Waals surface area contributed by atoms with E-state index in [2.05, 4.69) is 36.3 Å². The molecule has 0 spiro atoms. The van der Waals surface area contributed by atoms with Gasteiger partial charge in [0.15, 0.2) is 0 Å². The van der Waals surface area contributed by atoms with Crippen LogP contribution >= 0.6 is 0 Å². The van der Waals surface area contributed by atoms with Gasteiger partial charge in [-0.15, -0.1) is 0 Å². The summed E-state index contributed by atoms with van der Waals surface area (Å²) < 4.78 is 5.87. The van der Waals surface area contributed by atoms with Gasteiger partial charge in [0.1, 0.15) is 0 Å². The van der Waals surface area contributed by atoms with Gasteiger partial charge in [0.05, 0.1) is 12.7 Å². The van der Waals surface area contributed by atoms with Gasteiger partial charge >= 0.3 is 0 Å². The zero-order chi connectivity index (χ0) is 13.0. The Balaban J connectivity index is 1.72. The minimum atomic E-state index is 0.268. The second kappa shape index (κ2) is 6.33. The fraction of sp³-hybridized carbons (Fsp3) is 1.00. The van der Waals surface area contributed by atoms with Gasteiger partial charge in [-0.2, -0.15) is 0 Å². The lowest BCUT2D eigenvalue weighted by Gasteiger charge is -2.36. The molecule has 0 radical (unpaired) electrons. The summed E-state index contributed by atoms with van der Waals surface area (Å²) in [5.74, 6) is 0.744. The van der Waals surface area contributed by atoms with Crippen molar-refractivity contribution in [3.63, 3.8) is 0 Å². The molecule has 106 valence electrons. The van der Waals surface area contributed by atoms with Crippen LogP contribution in [0.4, 0.5) is 0 Å². The predicted octanol–water partition coefficient (Wildman–Crippen LogP) is 0.685. The fourth-order valence-corrected chi connectivity index (χ4v) is 2.91. The zero-order valence-corrected chi connectivity index (χ0v) is 12.2. The minimum absolute atomic E-state index is 0.268. The second-order valence-corrected chi connectivity index (χ2v) is 6.51. The Hall–Kier alpha value is -0.160. The number of nitrogens with one attached hydrogen (secondary N) is 2. The number of nitrogens with zero attached hydrogens (tertiary/aromatic N) is 1. The van der Waals surface area contributed by atoms with Crippen LogP contribution < -0.4 is 10.6 Å². The predicted molar refractivity (Wildman–Crippen MR) is 74.9 cm³/mol. The summed E-state index contributed by atoms with van der Waals surface area (Å²) in [4.78, 5) is 2.54. The highest BCUT2D eigenvalue weighted by Crippen LogP contribution is 2.14. The number of rotatable bonds is 5. The Morgan fingerprint density at radius 2 is 2.33 bits per heavy atom. The van der Waals surface area contributed by atoms with E-state index in [0.29, 0.717) is 6.10 Å². The minimum Gasteiger partial charge on any atom is -0.374 e. The molecule has 2 aliphatic heterocycles. The molecule has 4 nitrogen and oxygen atoms in total. The van der Waals surface area contributed by atoms with Crippen molar-refractivity contribution in [2.75, 3.05) is 45.9 Å². The van der Waals surface area contributed by atoms with Crippen molar-refractivity contribution in [3.05, 3.63) is 0 Å². The molecule has 2 fully saturated rings. The summed E-state index contributed by atoms with van der Waals surface area (Å²) in [6.45, 7) is 14.3. The standard InChI is InChI=1S/C14H29N3O/c1-12(2)9-17-6-7-18-13(10-17)8-16-14(3)4-5-15-11-14/h12-13,15-16H,4-11H2,1-3H3. The molecule has 0 aromatic heterocycles. The number of hydrogen-bond donors (Lipinski definition) is 2. The smallest absolute Gasteiger partial charge is 0.0826 e. The number of hydrogen-bond acceptors (Lipinski definition) is 4. The van der Waals surface area contributed by atoms with Crippen molar-refractivity contribution in [2.45, 2.75) is 38.8 Å². The average Bonchev–Trinajstić information content (AvgIpc) is 2.74. The summed E-state index contributed by atoms with van der Waals surface area (Å²) >= 11 is 0. The average molecular weight is 255 g/mol. The van der Waals surface area contributed by atoms with Crippen molar-refractivity contribution in [1.29, 1.82) is 0 Å². The van der Waals surface area contributed by atoms with Crippen LogP contribution in [0.3, 0.4) is 0 Å². The molecule has 2 rings (SSSR count). The molecule has 0 amide bonds. The second-order valence-electron chi connectivity index (χ2n) is 6.51. The van der Waals surface area contributed by atoms with Crippen molar-refractivity contribution in [3.8, 4) is 0 Å². The highest BCUT2D eigenvalue weighted by molar-refractivity contribution is 4.92. The lowest BCUT2D eigenvalue weighted by atomic mass is 10.0. The summed E-state index contributed by atoms with van der Waals surface area (Å²) in [5.41, 5.74) is 0.268. The molecule has 18 heavy (non-hydrogen) atoms. The molecule has 0 saturated carbocycles. The van der Waals surface area contributed by atoms with Gasteiger partial charge in [0.25, 0.3) is 0 Å². The topological polar surface area (TPSA) is 36.5 Å². The van der Waals surface area contributed by atoms with E-state index in [1.807, 2.05) is 0 Å². The maximum absolute atomic E-state index is 5.87. The van der Waals surface area contributed by atoms with Gasteiger partial charge in [-0.25, -0.2) is 0 Å². The Kier molecular flexibility index (Phi) is 5.01. The summed E-state index contributed by atoms with van der Waals surface area (Å²) in [6.07, 6.45) is 1.57. The third-order valence-electron chi connectivity index (χ3n) is 3.97. The molecule has 0 aliphatic carbocycles. The van der Waals surface area contributed by atoms with Crippen LogP contribution in [0.1, 0.15) is 27.2 Å². The van der Waals surface area contributed by atoms with E-state index in [1.165, 1.54) is 13.0 Å². The van der Waals surface area contributed by atoms with E-state index in [9.17, 15) is 0 Å². The van der Waals surface area contributed by atoms with E-state index >= 15 is 0 Å². The third kappa shape index (κ3) is 4.19. The van der Waals surface area contributed by atoms with Crippen LogP contribution in [-0.2, 0) is 4.74 Å². The highest BCUT2D eigenvalue weighted by Gasteiger charge is 2.29. The van der Waals surface area contributed by atoms with Gasteiger partial charge in [-0.05, 0) is 25.8 Å². The first kappa shape index (κ1) is 14.3. The van der Waals surface area contributed by atoms with Crippen LogP contribution in [0, 0.1) is 5.92 Å². The molecule has 2 unspecified atom stereocenters. The fourth-order valence-electron chi connectivity index (χ4n) is 2.91. The Labute approximate surface area is 111 Å².